The lowest BCUT2D eigenvalue weighted by atomic mass is 9.93. The van der Waals surface area contributed by atoms with Crippen LogP contribution in [0.5, 0.6) is 0 Å². The van der Waals surface area contributed by atoms with Crippen molar-refractivity contribution < 1.29 is 9.90 Å². The molecule has 0 spiro atoms. The third-order valence-electron chi connectivity index (χ3n) is 4.24. The van der Waals surface area contributed by atoms with Gasteiger partial charge in [-0.1, -0.05) is 13.0 Å². The zero-order valence-corrected chi connectivity index (χ0v) is 11.8. The summed E-state index contributed by atoms with van der Waals surface area (Å²) >= 11 is 0. The first-order valence-electron chi connectivity index (χ1n) is 7.23. The highest BCUT2D eigenvalue weighted by Crippen LogP contribution is 2.33. The van der Waals surface area contributed by atoms with Crippen molar-refractivity contribution >= 4 is 17.5 Å². The van der Waals surface area contributed by atoms with E-state index in [1.54, 1.807) is 0 Å². The molecule has 3 rings (SSSR count). The summed E-state index contributed by atoms with van der Waals surface area (Å²) in [6.45, 7) is 6.01. The van der Waals surface area contributed by atoms with Crippen LogP contribution in [0, 0.1) is 5.92 Å². The summed E-state index contributed by atoms with van der Waals surface area (Å²) in [6, 6.07) is 6.38. The van der Waals surface area contributed by atoms with Gasteiger partial charge in [0.1, 0.15) is 0 Å². The number of fused-ring (bicyclic) bond motifs is 1. The molecule has 0 aliphatic carbocycles. The van der Waals surface area contributed by atoms with E-state index < -0.39 is 6.09 Å². The molecule has 0 aromatic heterocycles. The first kappa shape index (κ1) is 13.1. The van der Waals surface area contributed by atoms with E-state index in [2.05, 4.69) is 35.3 Å². The monoisotopic (exact) mass is 275 g/mol. The van der Waals surface area contributed by atoms with Crippen molar-refractivity contribution in [1.29, 1.82) is 0 Å². The van der Waals surface area contributed by atoms with Gasteiger partial charge in [-0.15, -0.1) is 0 Å². The van der Waals surface area contributed by atoms with Crippen LogP contribution < -0.4 is 10.2 Å². The van der Waals surface area contributed by atoms with Gasteiger partial charge in [-0.05, 0) is 30.0 Å². The summed E-state index contributed by atoms with van der Waals surface area (Å²) < 4.78 is 0. The van der Waals surface area contributed by atoms with Crippen molar-refractivity contribution in [3.05, 3.63) is 23.8 Å². The Morgan fingerprint density at radius 1 is 1.30 bits per heavy atom. The number of benzene rings is 1. The van der Waals surface area contributed by atoms with Gasteiger partial charge in [0.15, 0.2) is 0 Å². The number of amides is 1. The van der Waals surface area contributed by atoms with Gasteiger partial charge in [-0.3, -0.25) is 0 Å². The summed E-state index contributed by atoms with van der Waals surface area (Å²) in [5.41, 5.74) is 3.89. The molecule has 1 aromatic carbocycles. The maximum absolute atomic E-state index is 11.0. The number of carbonyl (C=O) groups is 1. The number of carboxylic acid groups (broad SMARTS) is 1. The quantitative estimate of drug-likeness (QED) is 0.824. The fourth-order valence-corrected chi connectivity index (χ4v) is 3.09. The van der Waals surface area contributed by atoms with E-state index in [9.17, 15) is 4.79 Å². The Bertz CT molecular complexity index is 510. The minimum atomic E-state index is -0.810. The smallest absolute Gasteiger partial charge is 0.407 e. The van der Waals surface area contributed by atoms with Crippen LogP contribution in [0.3, 0.4) is 0 Å². The number of anilines is 2. The Hall–Kier alpha value is -1.91. The summed E-state index contributed by atoms with van der Waals surface area (Å²) in [5.74, 6) is 0.643. The molecular weight excluding hydrogens is 254 g/mol. The van der Waals surface area contributed by atoms with Crippen LogP contribution in [0.25, 0.3) is 0 Å². The van der Waals surface area contributed by atoms with E-state index in [1.807, 2.05) is 0 Å². The molecule has 1 unspecified atom stereocenters. The van der Waals surface area contributed by atoms with Crippen molar-refractivity contribution in [3.63, 3.8) is 0 Å². The number of hydrogen-bond acceptors (Lipinski definition) is 3. The second kappa shape index (κ2) is 5.23. The predicted molar refractivity (Wildman–Crippen MR) is 79.6 cm³/mol. The first-order chi connectivity index (χ1) is 9.65. The lowest BCUT2D eigenvalue weighted by molar-refractivity contribution is 0.142. The topological polar surface area (TPSA) is 55.8 Å². The van der Waals surface area contributed by atoms with Crippen molar-refractivity contribution in [2.45, 2.75) is 13.3 Å². The van der Waals surface area contributed by atoms with E-state index in [0.29, 0.717) is 19.0 Å². The number of nitrogens with one attached hydrogen (secondary N) is 1. The molecule has 5 heteroatoms. The second-order valence-electron chi connectivity index (χ2n) is 5.75. The molecule has 20 heavy (non-hydrogen) atoms. The lowest BCUT2D eigenvalue weighted by Crippen LogP contribution is -2.48. The molecule has 1 aromatic rings. The molecule has 2 aliphatic rings. The molecule has 2 heterocycles. The van der Waals surface area contributed by atoms with Gasteiger partial charge in [0, 0.05) is 44.1 Å². The Morgan fingerprint density at radius 2 is 2.05 bits per heavy atom. The molecule has 0 bridgehead atoms. The molecule has 2 N–H and O–H groups in total. The van der Waals surface area contributed by atoms with Crippen LogP contribution >= 0.6 is 0 Å². The lowest BCUT2D eigenvalue weighted by Gasteiger charge is -2.37. The highest BCUT2D eigenvalue weighted by molar-refractivity contribution is 5.69. The molecule has 2 aliphatic heterocycles. The van der Waals surface area contributed by atoms with E-state index in [4.69, 9.17) is 5.11 Å². The average Bonchev–Trinajstić information content (AvgIpc) is 2.46. The molecule has 1 saturated heterocycles. The zero-order valence-electron chi connectivity index (χ0n) is 11.8. The minimum absolute atomic E-state index is 0.585. The first-order valence-corrected chi connectivity index (χ1v) is 7.23. The third kappa shape index (κ3) is 2.40. The largest absolute Gasteiger partial charge is 0.465 e. The zero-order chi connectivity index (χ0) is 14.1. The molecule has 1 fully saturated rings. The second-order valence-corrected chi connectivity index (χ2v) is 5.75. The molecule has 1 atom stereocenters. The Morgan fingerprint density at radius 3 is 2.75 bits per heavy atom. The van der Waals surface area contributed by atoms with E-state index in [-0.39, 0.29) is 0 Å². The average molecular weight is 275 g/mol. The van der Waals surface area contributed by atoms with Crippen LogP contribution in [0.1, 0.15) is 12.5 Å². The Balaban J connectivity index is 1.80. The van der Waals surface area contributed by atoms with Gasteiger partial charge in [0.25, 0.3) is 0 Å². The summed E-state index contributed by atoms with van der Waals surface area (Å²) in [5, 5.41) is 12.5. The van der Waals surface area contributed by atoms with Gasteiger partial charge >= 0.3 is 6.09 Å². The molecule has 0 radical (unpaired) electrons. The number of hydrogen-bond donors (Lipinski definition) is 2. The third-order valence-corrected chi connectivity index (χ3v) is 4.24. The van der Waals surface area contributed by atoms with Crippen LogP contribution in [0.2, 0.25) is 0 Å². The van der Waals surface area contributed by atoms with Gasteiger partial charge in [-0.25, -0.2) is 4.79 Å². The van der Waals surface area contributed by atoms with Crippen LogP contribution in [0.4, 0.5) is 16.2 Å². The minimum Gasteiger partial charge on any atom is -0.465 e. The van der Waals surface area contributed by atoms with Crippen LogP contribution in [-0.4, -0.2) is 48.8 Å². The highest BCUT2D eigenvalue weighted by Gasteiger charge is 2.24. The SMILES string of the molecule is CC1CNc2cccc(N3CCN(C(=O)O)CC3)c2C1. The van der Waals surface area contributed by atoms with Gasteiger partial charge < -0.3 is 20.2 Å². The van der Waals surface area contributed by atoms with Crippen molar-refractivity contribution in [2.24, 2.45) is 5.92 Å². The van der Waals surface area contributed by atoms with Gasteiger partial charge in [0.2, 0.25) is 0 Å². The molecule has 0 saturated carbocycles. The van der Waals surface area contributed by atoms with Crippen molar-refractivity contribution in [1.82, 2.24) is 4.90 Å². The summed E-state index contributed by atoms with van der Waals surface area (Å²) in [4.78, 5) is 14.8. The molecular formula is C15H21N3O2. The van der Waals surface area contributed by atoms with Crippen LogP contribution in [-0.2, 0) is 6.42 Å². The van der Waals surface area contributed by atoms with Gasteiger partial charge in [-0.2, -0.15) is 0 Å². The van der Waals surface area contributed by atoms with Gasteiger partial charge in [0.05, 0.1) is 0 Å². The maximum atomic E-state index is 11.0. The van der Waals surface area contributed by atoms with E-state index in [1.165, 1.54) is 21.8 Å². The standard InChI is InChI=1S/C15H21N3O2/c1-11-9-12-13(16-10-11)3-2-4-14(12)17-5-7-18(8-6-17)15(19)20/h2-4,11,16H,5-10H2,1H3,(H,19,20). The fourth-order valence-electron chi connectivity index (χ4n) is 3.09. The molecule has 1 amide bonds. The number of rotatable bonds is 1. The van der Waals surface area contributed by atoms with Crippen molar-refractivity contribution in [3.8, 4) is 0 Å². The molecule has 5 nitrogen and oxygen atoms in total. The molecule has 108 valence electrons. The maximum Gasteiger partial charge on any atom is 0.407 e. The van der Waals surface area contributed by atoms with E-state index in [0.717, 1.165) is 26.1 Å². The fraction of sp³-hybridized carbons (Fsp3) is 0.533. The number of piperazine rings is 1. The Kier molecular flexibility index (Phi) is 3.42. The van der Waals surface area contributed by atoms with Crippen molar-refractivity contribution in [2.75, 3.05) is 42.9 Å². The Labute approximate surface area is 119 Å². The van der Waals surface area contributed by atoms with Crippen LogP contribution in [0.15, 0.2) is 18.2 Å². The van der Waals surface area contributed by atoms with E-state index >= 15 is 0 Å². The normalized spacial score (nSPS) is 22.1. The predicted octanol–water partition coefficient (Wildman–Crippen LogP) is 2.09. The summed E-state index contributed by atoms with van der Waals surface area (Å²) in [6.07, 6.45) is 0.285. The number of nitrogens with zero attached hydrogens (tertiary/aromatic N) is 2. The summed E-state index contributed by atoms with van der Waals surface area (Å²) in [7, 11) is 0. The highest BCUT2D eigenvalue weighted by atomic mass is 16.4.